The number of thiophene rings is 1. The Labute approximate surface area is 169 Å². The molecule has 1 N–H and O–H groups in total. The summed E-state index contributed by atoms with van der Waals surface area (Å²) in [6, 6.07) is 7.83. The van der Waals surface area contributed by atoms with Crippen LogP contribution in [-0.2, 0) is 17.6 Å². The second kappa shape index (κ2) is 9.43. The molecule has 3 rings (SSSR count). The van der Waals surface area contributed by atoms with E-state index in [1.54, 1.807) is 6.08 Å². The van der Waals surface area contributed by atoms with Gasteiger partial charge in [-0.1, -0.05) is 6.07 Å². The van der Waals surface area contributed by atoms with E-state index in [0.29, 0.717) is 35.3 Å². The lowest BCUT2D eigenvalue weighted by atomic mass is 9.96. The van der Waals surface area contributed by atoms with Gasteiger partial charge in [-0.2, -0.15) is 5.26 Å². The fourth-order valence-electron chi connectivity index (χ4n) is 3.27. The summed E-state index contributed by atoms with van der Waals surface area (Å²) in [5.74, 6) is 1.10. The topological polar surface area (TPSA) is 71.3 Å². The summed E-state index contributed by atoms with van der Waals surface area (Å²) in [4.78, 5) is 13.6. The maximum atomic E-state index is 12.4. The van der Waals surface area contributed by atoms with Crippen molar-refractivity contribution in [3.8, 4) is 17.6 Å². The molecule has 2 aromatic rings. The number of carbonyl (C=O) groups excluding carboxylic acids is 1. The zero-order valence-corrected chi connectivity index (χ0v) is 17.0. The van der Waals surface area contributed by atoms with Crippen molar-refractivity contribution in [1.29, 1.82) is 5.26 Å². The normalized spacial score (nSPS) is 13.0. The number of benzene rings is 1. The van der Waals surface area contributed by atoms with E-state index >= 15 is 0 Å². The minimum Gasteiger partial charge on any atom is -0.490 e. The molecule has 0 atom stereocenters. The van der Waals surface area contributed by atoms with Crippen LogP contribution in [0.2, 0.25) is 0 Å². The second-order valence-electron chi connectivity index (χ2n) is 6.42. The number of carbonyl (C=O) groups is 1. The molecule has 1 aliphatic carbocycles. The smallest absolute Gasteiger partial charge is 0.249 e. The number of hydrogen-bond donors (Lipinski definition) is 1. The molecule has 6 heteroatoms. The first-order chi connectivity index (χ1) is 13.7. The van der Waals surface area contributed by atoms with Gasteiger partial charge in [0, 0.05) is 11.0 Å². The van der Waals surface area contributed by atoms with Crippen molar-refractivity contribution >= 4 is 28.3 Å². The molecule has 0 spiro atoms. The van der Waals surface area contributed by atoms with Gasteiger partial charge in [0.1, 0.15) is 11.1 Å². The van der Waals surface area contributed by atoms with Crippen molar-refractivity contribution in [3.05, 3.63) is 45.8 Å². The van der Waals surface area contributed by atoms with E-state index in [0.717, 1.165) is 36.8 Å². The summed E-state index contributed by atoms with van der Waals surface area (Å²) in [6.07, 6.45) is 7.37. The van der Waals surface area contributed by atoms with Crippen LogP contribution in [0.5, 0.6) is 11.5 Å². The number of nitrogens with zero attached hydrogens (tertiary/aromatic N) is 1. The van der Waals surface area contributed by atoms with Crippen LogP contribution in [0.1, 0.15) is 48.3 Å². The average Bonchev–Trinajstić information content (AvgIpc) is 3.05. The van der Waals surface area contributed by atoms with E-state index in [9.17, 15) is 10.1 Å². The molecular formula is C22H24N2O3S. The first-order valence-corrected chi connectivity index (χ1v) is 10.4. The van der Waals surface area contributed by atoms with E-state index in [4.69, 9.17) is 9.47 Å². The van der Waals surface area contributed by atoms with Gasteiger partial charge < -0.3 is 14.8 Å². The number of nitrogens with one attached hydrogen (secondary N) is 1. The van der Waals surface area contributed by atoms with Gasteiger partial charge in [0.2, 0.25) is 5.91 Å². The Hall–Kier alpha value is -2.78. The number of hydrogen-bond acceptors (Lipinski definition) is 5. The Morgan fingerprint density at radius 2 is 1.96 bits per heavy atom. The maximum Gasteiger partial charge on any atom is 0.249 e. The molecule has 1 aromatic heterocycles. The predicted molar refractivity (Wildman–Crippen MR) is 112 cm³/mol. The summed E-state index contributed by atoms with van der Waals surface area (Å²) in [7, 11) is 0. The fourth-order valence-corrected chi connectivity index (χ4v) is 4.51. The van der Waals surface area contributed by atoms with E-state index in [1.165, 1.54) is 22.3 Å². The van der Waals surface area contributed by atoms with Crippen molar-refractivity contribution in [2.45, 2.75) is 39.5 Å². The van der Waals surface area contributed by atoms with E-state index in [-0.39, 0.29) is 5.91 Å². The van der Waals surface area contributed by atoms with Crippen LogP contribution < -0.4 is 14.8 Å². The van der Waals surface area contributed by atoms with E-state index in [1.807, 2.05) is 32.0 Å². The van der Waals surface area contributed by atoms with E-state index < -0.39 is 0 Å². The largest absolute Gasteiger partial charge is 0.490 e. The van der Waals surface area contributed by atoms with Gasteiger partial charge >= 0.3 is 0 Å². The van der Waals surface area contributed by atoms with Crippen LogP contribution in [0.3, 0.4) is 0 Å². The summed E-state index contributed by atoms with van der Waals surface area (Å²) in [5, 5.41) is 13.0. The predicted octanol–water partition coefficient (Wildman–Crippen LogP) is 4.95. The highest BCUT2D eigenvalue weighted by Crippen LogP contribution is 2.37. The molecule has 146 valence electrons. The van der Waals surface area contributed by atoms with Gasteiger partial charge in [-0.15, -0.1) is 11.3 Å². The minimum atomic E-state index is -0.248. The second-order valence-corrected chi connectivity index (χ2v) is 7.53. The standard InChI is InChI=1S/C22H24N2O3S/c1-3-26-18-11-9-15(13-19(18)27-4-2)10-12-21(25)24-22-17(14-23)16-7-5-6-8-20(16)28-22/h9-13H,3-8H2,1-2H3,(H,24,25). The summed E-state index contributed by atoms with van der Waals surface area (Å²) in [6.45, 7) is 4.93. The van der Waals surface area contributed by atoms with E-state index in [2.05, 4.69) is 11.4 Å². The molecule has 0 bridgehead atoms. The highest BCUT2D eigenvalue weighted by atomic mass is 32.1. The number of amides is 1. The Morgan fingerprint density at radius 3 is 2.71 bits per heavy atom. The number of rotatable bonds is 7. The van der Waals surface area contributed by atoms with Gasteiger partial charge in [-0.3, -0.25) is 4.79 Å². The molecule has 0 saturated carbocycles. The molecule has 1 amide bonds. The van der Waals surface area contributed by atoms with Crippen molar-refractivity contribution < 1.29 is 14.3 Å². The van der Waals surface area contributed by atoms with Crippen LogP contribution in [0.25, 0.3) is 6.08 Å². The number of fused-ring (bicyclic) bond motifs is 1. The van der Waals surface area contributed by atoms with Crippen LogP contribution in [0.4, 0.5) is 5.00 Å². The van der Waals surface area contributed by atoms with Crippen LogP contribution >= 0.6 is 11.3 Å². The molecule has 0 fully saturated rings. The number of anilines is 1. The van der Waals surface area contributed by atoms with Crippen LogP contribution in [0.15, 0.2) is 24.3 Å². The molecule has 1 aromatic carbocycles. The van der Waals surface area contributed by atoms with Crippen molar-refractivity contribution in [1.82, 2.24) is 0 Å². The molecule has 0 saturated heterocycles. The monoisotopic (exact) mass is 396 g/mol. The SMILES string of the molecule is CCOc1ccc(C=CC(=O)Nc2sc3c(c2C#N)CCCC3)cc1OCC. The number of aryl methyl sites for hydroxylation is 1. The highest BCUT2D eigenvalue weighted by molar-refractivity contribution is 7.16. The van der Waals surface area contributed by atoms with Gasteiger partial charge in [0.05, 0.1) is 18.8 Å². The Bertz CT molecular complexity index is 925. The lowest BCUT2D eigenvalue weighted by Gasteiger charge is -2.11. The van der Waals surface area contributed by atoms with Crippen LogP contribution in [0, 0.1) is 11.3 Å². The minimum absolute atomic E-state index is 0.248. The third-order valence-electron chi connectivity index (χ3n) is 4.51. The molecule has 0 radical (unpaired) electrons. The van der Waals surface area contributed by atoms with Gasteiger partial charge in [-0.25, -0.2) is 0 Å². The summed E-state index contributed by atoms with van der Waals surface area (Å²) < 4.78 is 11.2. The zero-order valence-electron chi connectivity index (χ0n) is 16.2. The van der Waals surface area contributed by atoms with Crippen molar-refractivity contribution in [3.63, 3.8) is 0 Å². The first-order valence-electron chi connectivity index (χ1n) is 9.59. The van der Waals surface area contributed by atoms with Gasteiger partial charge in [0.25, 0.3) is 0 Å². The molecule has 0 aliphatic heterocycles. The highest BCUT2D eigenvalue weighted by Gasteiger charge is 2.21. The molecule has 1 heterocycles. The zero-order chi connectivity index (χ0) is 19.9. The number of ether oxygens (including phenoxy) is 2. The van der Waals surface area contributed by atoms with Gasteiger partial charge in [-0.05, 0) is 68.9 Å². The Balaban J connectivity index is 1.73. The summed E-state index contributed by atoms with van der Waals surface area (Å²) >= 11 is 1.53. The third-order valence-corrected chi connectivity index (χ3v) is 5.72. The molecule has 5 nitrogen and oxygen atoms in total. The van der Waals surface area contributed by atoms with Gasteiger partial charge in [0.15, 0.2) is 11.5 Å². The first kappa shape index (κ1) is 20.0. The molecular weight excluding hydrogens is 372 g/mol. The summed E-state index contributed by atoms with van der Waals surface area (Å²) in [5.41, 5.74) is 2.58. The lowest BCUT2D eigenvalue weighted by Crippen LogP contribution is -2.08. The average molecular weight is 397 g/mol. The Kier molecular flexibility index (Phi) is 6.72. The number of nitriles is 1. The molecule has 1 aliphatic rings. The van der Waals surface area contributed by atoms with Crippen molar-refractivity contribution in [2.75, 3.05) is 18.5 Å². The van der Waals surface area contributed by atoms with Crippen molar-refractivity contribution in [2.24, 2.45) is 0 Å². The maximum absolute atomic E-state index is 12.4. The lowest BCUT2D eigenvalue weighted by molar-refractivity contribution is -0.111. The fraction of sp³-hybridized carbons (Fsp3) is 0.364. The molecule has 0 unspecified atom stereocenters. The Morgan fingerprint density at radius 1 is 1.21 bits per heavy atom. The quantitative estimate of drug-likeness (QED) is 0.672. The molecule has 28 heavy (non-hydrogen) atoms. The third kappa shape index (κ3) is 4.55. The van der Waals surface area contributed by atoms with Crippen LogP contribution in [-0.4, -0.2) is 19.1 Å².